The van der Waals surface area contributed by atoms with E-state index in [9.17, 15) is 13.6 Å². The molecule has 2 aromatic rings. The molecular weight excluding hydrogens is 392 g/mol. The molecule has 0 atom stereocenters. The number of aromatic nitrogens is 1. The zero-order valence-electron chi connectivity index (χ0n) is 14.8. The number of hydrogen-bond acceptors (Lipinski definition) is 5. The van der Waals surface area contributed by atoms with Crippen LogP contribution in [0.5, 0.6) is 0 Å². The summed E-state index contributed by atoms with van der Waals surface area (Å²) in [5.74, 6) is -2.01. The number of nitrogens with one attached hydrogen (secondary N) is 2. The zero-order chi connectivity index (χ0) is 19.8. The molecule has 0 unspecified atom stereocenters. The monoisotopic (exact) mass is 411 g/mol. The first-order chi connectivity index (χ1) is 12.9. The lowest BCUT2D eigenvalue weighted by atomic mass is 10.2. The molecule has 0 spiro atoms. The van der Waals surface area contributed by atoms with Crippen molar-refractivity contribution in [2.24, 2.45) is 5.10 Å². The summed E-state index contributed by atoms with van der Waals surface area (Å²) in [5, 5.41) is 9.29. The number of amides is 1. The summed E-state index contributed by atoms with van der Waals surface area (Å²) in [5.41, 5.74) is 3.07. The smallest absolute Gasteiger partial charge is 0.230 e. The van der Waals surface area contributed by atoms with Crippen LogP contribution in [-0.2, 0) is 4.79 Å². The standard InChI is InChI=1S/C17H19F2N5OS2/c1-3-4-7-20-16(26)23-21-9-13-10-27-17(22-13)24(11(2)25)15-6-5-12(18)8-14(15)19/h5-6,8-10H,3-4,7H2,1-2H3,(H2,20,23,26)/b21-9-. The van der Waals surface area contributed by atoms with E-state index in [2.05, 4.69) is 27.8 Å². The van der Waals surface area contributed by atoms with Crippen LogP contribution in [0.1, 0.15) is 32.4 Å². The minimum absolute atomic E-state index is 0.0684. The van der Waals surface area contributed by atoms with Crippen molar-refractivity contribution in [1.82, 2.24) is 15.7 Å². The van der Waals surface area contributed by atoms with E-state index >= 15 is 0 Å². The van der Waals surface area contributed by atoms with Gasteiger partial charge in [-0.25, -0.2) is 13.8 Å². The number of carbonyl (C=O) groups is 1. The van der Waals surface area contributed by atoms with Crippen LogP contribution in [0.2, 0.25) is 0 Å². The maximum atomic E-state index is 14.1. The van der Waals surface area contributed by atoms with E-state index < -0.39 is 17.5 Å². The topological polar surface area (TPSA) is 69.6 Å². The van der Waals surface area contributed by atoms with Crippen LogP contribution in [0, 0.1) is 11.6 Å². The molecule has 6 nitrogen and oxygen atoms in total. The van der Waals surface area contributed by atoms with Crippen molar-refractivity contribution in [3.63, 3.8) is 0 Å². The number of hydrazone groups is 1. The number of halogens is 2. The summed E-state index contributed by atoms with van der Waals surface area (Å²) in [6, 6.07) is 3.00. The van der Waals surface area contributed by atoms with Crippen LogP contribution < -0.4 is 15.6 Å². The van der Waals surface area contributed by atoms with Crippen molar-refractivity contribution in [3.8, 4) is 0 Å². The summed E-state index contributed by atoms with van der Waals surface area (Å²) in [6.07, 6.45) is 3.50. The quantitative estimate of drug-likeness (QED) is 0.315. The highest BCUT2D eigenvalue weighted by molar-refractivity contribution is 7.80. The van der Waals surface area contributed by atoms with Gasteiger partial charge >= 0.3 is 0 Å². The molecule has 2 N–H and O–H groups in total. The Kier molecular flexibility index (Phi) is 7.74. The van der Waals surface area contributed by atoms with Gasteiger partial charge < -0.3 is 5.32 Å². The largest absolute Gasteiger partial charge is 0.361 e. The number of thiazole rings is 1. The Morgan fingerprint density at radius 1 is 1.44 bits per heavy atom. The average Bonchev–Trinajstić information content (AvgIpc) is 3.05. The van der Waals surface area contributed by atoms with Crippen LogP contribution in [0.25, 0.3) is 0 Å². The van der Waals surface area contributed by atoms with Crippen molar-refractivity contribution in [2.75, 3.05) is 11.4 Å². The highest BCUT2D eigenvalue weighted by atomic mass is 32.1. The van der Waals surface area contributed by atoms with Crippen LogP contribution in [-0.4, -0.2) is 28.8 Å². The highest BCUT2D eigenvalue weighted by Gasteiger charge is 2.21. The van der Waals surface area contributed by atoms with E-state index in [1.807, 2.05) is 0 Å². The molecule has 0 aliphatic carbocycles. The van der Waals surface area contributed by atoms with Crippen LogP contribution in [0.3, 0.4) is 0 Å². The second-order valence-electron chi connectivity index (χ2n) is 5.48. The van der Waals surface area contributed by atoms with Crippen LogP contribution >= 0.6 is 23.6 Å². The van der Waals surface area contributed by atoms with Crippen molar-refractivity contribution in [3.05, 3.63) is 40.9 Å². The number of hydrogen-bond donors (Lipinski definition) is 2. The van der Waals surface area contributed by atoms with E-state index in [-0.39, 0.29) is 10.8 Å². The molecule has 0 saturated heterocycles. The van der Waals surface area contributed by atoms with Crippen molar-refractivity contribution in [2.45, 2.75) is 26.7 Å². The maximum Gasteiger partial charge on any atom is 0.230 e. The van der Waals surface area contributed by atoms with E-state index in [1.165, 1.54) is 19.2 Å². The fourth-order valence-corrected chi connectivity index (χ4v) is 3.07. The molecular formula is C17H19F2N5OS2. The predicted molar refractivity (Wildman–Crippen MR) is 108 cm³/mol. The summed E-state index contributed by atoms with van der Waals surface area (Å²) in [6.45, 7) is 4.12. The third-order valence-corrected chi connectivity index (χ3v) is 4.43. The molecule has 0 aliphatic rings. The Morgan fingerprint density at radius 2 is 2.22 bits per heavy atom. The molecule has 1 heterocycles. The summed E-state index contributed by atoms with van der Waals surface area (Å²) >= 11 is 6.21. The predicted octanol–water partition coefficient (Wildman–Crippen LogP) is 3.70. The highest BCUT2D eigenvalue weighted by Crippen LogP contribution is 2.30. The molecule has 0 bridgehead atoms. The SMILES string of the molecule is CCCCNC(=S)N/N=C\c1csc(N(C(C)=O)c2ccc(F)cc2F)n1. The summed E-state index contributed by atoms with van der Waals surface area (Å²) < 4.78 is 27.2. The maximum absolute atomic E-state index is 14.1. The van der Waals surface area contributed by atoms with E-state index in [1.54, 1.807) is 5.38 Å². The van der Waals surface area contributed by atoms with Crippen molar-refractivity contribution < 1.29 is 13.6 Å². The molecule has 2 rings (SSSR count). The zero-order valence-corrected chi connectivity index (χ0v) is 16.5. The number of benzene rings is 1. The molecule has 0 fully saturated rings. The van der Waals surface area contributed by atoms with Crippen molar-refractivity contribution >= 4 is 51.6 Å². The minimum atomic E-state index is -0.846. The molecule has 1 amide bonds. The van der Waals surface area contributed by atoms with E-state index in [4.69, 9.17) is 12.2 Å². The van der Waals surface area contributed by atoms with Gasteiger partial charge in [0.05, 0.1) is 17.6 Å². The Morgan fingerprint density at radius 3 is 2.89 bits per heavy atom. The first kappa shape index (κ1) is 20.8. The van der Waals surface area contributed by atoms with Gasteiger partial charge in [0, 0.05) is 24.9 Å². The normalized spacial score (nSPS) is 10.8. The lowest BCUT2D eigenvalue weighted by molar-refractivity contribution is -0.115. The molecule has 144 valence electrons. The van der Waals surface area contributed by atoms with E-state index in [0.29, 0.717) is 10.8 Å². The lowest BCUT2D eigenvalue weighted by Crippen LogP contribution is -2.32. The van der Waals surface area contributed by atoms with Gasteiger partial charge in [-0.05, 0) is 30.8 Å². The number of anilines is 2. The van der Waals surface area contributed by atoms with Gasteiger partial charge in [-0.2, -0.15) is 5.10 Å². The fraction of sp³-hybridized carbons (Fsp3) is 0.294. The molecule has 0 saturated carbocycles. The Balaban J connectivity index is 2.08. The van der Waals surface area contributed by atoms with Crippen LogP contribution in [0.15, 0.2) is 28.7 Å². The molecule has 0 aliphatic heterocycles. The van der Waals surface area contributed by atoms with Gasteiger partial charge in [-0.3, -0.25) is 15.1 Å². The second kappa shape index (κ2) is 10.0. The van der Waals surface area contributed by atoms with Gasteiger partial charge in [0.15, 0.2) is 10.2 Å². The van der Waals surface area contributed by atoms with Gasteiger partial charge in [-0.1, -0.05) is 13.3 Å². The molecule has 1 aromatic carbocycles. The van der Waals surface area contributed by atoms with Gasteiger partial charge in [0.2, 0.25) is 5.91 Å². The number of nitrogens with zero attached hydrogens (tertiary/aromatic N) is 3. The Hall–Kier alpha value is -2.46. The second-order valence-corrected chi connectivity index (χ2v) is 6.73. The summed E-state index contributed by atoms with van der Waals surface area (Å²) in [4.78, 5) is 17.3. The molecule has 27 heavy (non-hydrogen) atoms. The van der Waals surface area contributed by atoms with Crippen LogP contribution in [0.4, 0.5) is 19.6 Å². The van der Waals surface area contributed by atoms with Gasteiger partial charge in [-0.15, -0.1) is 11.3 Å². The lowest BCUT2D eigenvalue weighted by Gasteiger charge is -2.18. The number of carbonyl (C=O) groups excluding carboxylic acids is 1. The molecule has 0 radical (unpaired) electrons. The number of rotatable bonds is 7. The van der Waals surface area contributed by atoms with Crippen molar-refractivity contribution in [1.29, 1.82) is 0 Å². The fourth-order valence-electron chi connectivity index (χ4n) is 2.08. The average molecular weight is 412 g/mol. The third-order valence-electron chi connectivity index (χ3n) is 3.35. The Labute approximate surface area is 165 Å². The molecule has 10 heteroatoms. The molecule has 1 aromatic heterocycles. The van der Waals surface area contributed by atoms with Gasteiger partial charge in [0.25, 0.3) is 0 Å². The number of thiocarbonyl (C=S) groups is 1. The van der Waals surface area contributed by atoms with Gasteiger partial charge in [0.1, 0.15) is 11.6 Å². The minimum Gasteiger partial charge on any atom is -0.361 e. The first-order valence-corrected chi connectivity index (χ1v) is 9.49. The summed E-state index contributed by atoms with van der Waals surface area (Å²) in [7, 11) is 0. The third kappa shape index (κ3) is 6.04. The number of unbranched alkanes of at least 4 members (excludes halogenated alkanes) is 1. The first-order valence-electron chi connectivity index (χ1n) is 8.20. The van der Waals surface area contributed by atoms with E-state index in [0.717, 1.165) is 47.8 Å². The Bertz CT molecular complexity index is 840.